The largest absolute Gasteiger partial charge is 0.0885 e. The molecule has 0 spiro atoms. The summed E-state index contributed by atoms with van der Waals surface area (Å²) in [5.41, 5.74) is 0. The van der Waals surface area contributed by atoms with Crippen molar-refractivity contribution in [3.63, 3.8) is 0 Å². The molecular weight excluding hydrogens is 204 g/mol. The van der Waals surface area contributed by atoms with Gasteiger partial charge in [-0.2, -0.15) is 0 Å². The SMILES string of the molecule is CCCC/C=C/CCCCCCCCCCC. The first kappa shape index (κ1) is 16.7. The van der Waals surface area contributed by atoms with Crippen LogP contribution in [0.5, 0.6) is 0 Å². The van der Waals surface area contributed by atoms with Crippen LogP contribution in [0.4, 0.5) is 0 Å². The van der Waals surface area contributed by atoms with Gasteiger partial charge in [0.25, 0.3) is 0 Å². The van der Waals surface area contributed by atoms with E-state index in [9.17, 15) is 0 Å². The fourth-order valence-corrected chi connectivity index (χ4v) is 2.13. The molecule has 0 aliphatic carbocycles. The molecule has 0 atom stereocenters. The Morgan fingerprint density at radius 3 is 1.41 bits per heavy atom. The molecule has 0 nitrogen and oxygen atoms in total. The van der Waals surface area contributed by atoms with Gasteiger partial charge in [0.1, 0.15) is 0 Å². The highest BCUT2D eigenvalue weighted by atomic mass is 14.0. The van der Waals surface area contributed by atoms with Crippen molar-refractivity contribution in [1.29, 1.82) is 0 Å². The normalized spacial score (nSPS) is 11.4. The molecule has 0 aliphatic heterocycles. The van der Waals surface area contributed by atoms with Gasteiger partial charge in [-0.05, 0) is 19.3 Å². The number of unbranched alkanes of at least 4 members (excludes halogenated alkanes) is 11. The van der Waals surface area contributed by atoms with Crippen molar-refractivity contribution in [3.8, 4) is 0 Å². The predicted molar refractivity (Wildman–Crippen MR) is 80.5 cm³/mol. The Kier molecular flexibility index (Phi) is 15.5. The minimum Gasteiger partial charge on any atom is -0.0885 e. The third-order valence-corrected chi connectivity index (χ3v) is 3.37. The van der Waals surface area contributed by atoms with Crippen molar-refractivity contribution in [2.45, 2.75) is 97.3 Å². The second kappa shape index (κ2) is 15.7. The molecule has 0 amide bonds. The lowest BCUT2D eigenvalue weighted by Gasteiger charge is -2.00. The van der Waals surface area contributed by atoms with E-state index in [0.29, 0.717) is 0 Å². The molecule has 0 fully saturated rings. The Hall–Kier alpha value is -0.260. The number of allylic oxidation sites excluding steroid dienone is 2. The molecule has 0 aromatic carbocycles. The van der Waals surface area contributed by atoms with Gasteiger partial charge in [0, 0.05) is 0 Å². The zero-order valence-electron chi connectivity index (χ0n) is 12.3. The molecule has 102 valence electrons. The van der Waals surface area contributed by atoms with Crippen molar-refractivity contribution in [3.05, 3.63) is 12.2 Å². The number of hydrogen-bond acceptors (Lipinski definition) is 0. The lowest BCUT2D eigenvalue weighted by Crippen LogP contribution is -1.80. The second-order valence-corrected chi connectivity index (χ2v) is 5.23. The van der Waals surface area contributed by atoms with Crippen LogP contribution < -0.4 is 0 Å². The maximum atomic E-state index is 2.39. The van der Waals surface area contributed by atoms with Crippen LogP contribution in [-0.4, -0.2) is 0 Å². The fourth-order valence-electron chi connectivity index (χ4n) is 2.13. The highest BCUT2D eigenvalue weighted by Gasteiger charge is 1.91. The minimum atomic E-state index is 1.29. The summed E-state index contributed by atoms with van der Waals surface area (Å²) < 4.78 is 0. The van der Waals surface area contributed by atoms with Gasteiger partial charge in [0.2, 0.25) is 0 Å². The molecule has 0 saturated carbocycles. The monoisotopic (exact) mass is 238 g/mol. The summed E-state index contributed by atoms with van der Waals surface area (Å²) >= 11 is 0. The molecule has 0 bridgehead atoms. The molecule has 0 unspecified atom stereocenters. The van der Waals surface area contributed by atoms with Crippen LogP contribution in [0.2, 0.25) is 0 Å². The molecule has 17 heavy (non-hydrogen) atoms. The van der Waals surface area contributed by atoms with Crippen LogP contribution in [0.3, 0.4) is 0 Å². The molecule has 0 aromatic rings. The summed E-state index contributed by atoms with van der Waals surface area (Å²) in [5, 5.41) is 0. The number of rotatable bonds is 13. The van der Waals surface area contributed by atoms with Crippen LogP contribution in [-0.2, 0) is 0 Å². The van der Waals surface area contributed by atoms with Gasteiger partial charge in [-0.15, -0.1) is 0 Å². The van der Waals surface area contributed by atoms with Crippen molar-refractivity contribution < 1.29 is 0 Å². The van der Waals surface area contributed by atoms with Gasteiger partial charge >= 0.3 is 0 Å². The molecule has 0 heterocycles. The molecule has 0 rings (SSSR count). The summed E-state index contributed by atoms with van der Waals surface area (Å²) in [4.78, 5) is 0. The maximum absolute atomic E-state index is 2.39. The Balaban J connectivity index is 2.96. The van der Waals surface area contributed by atoms with Crippen LogP contribution in [0.25, 0.3) is 0 Å². The Labute approximate surface area is 110 Å². The highest BCUT2D eigenvalue weighted by Crippen LogP contribution is 2.10. The molecule has 0 aliphatic rings. The van der Waals surface area contributed by atoms with Gasteiger partial charge in [-0.1, -0.05) is 90.2 Å². The van der Waals surface area contributed by atoms with Crippen molar-refractivity contribution in [1.82, 2.24) is 0 Å². The fraction of sp³-hybridized carbons (Fsp3) is 0.882. The average molecular weight is 238 g/mol. The molecule has 0 aromatic heterocycles. The van der Waals surface area contributed by atoms with Crippen LogP contribution in [0.15, 0.2) is 12.2 Å². The van der Waals surface area contributed by atoms with Crippen LogP contribution in [0, 0.1) is 0 Å². The van der Waals surface area contributed by atoms with E-state index >= 15 is 0 Å². The lowest BCUT2D eigenvalue weighted by molar-refractivity contribution is 0.566. The lowest BCUT2D eigenvalue weighted by atomic mass is 10.1. The second-order valence-electron chi connectivity index (χ2n) is 5.23. The molecular formula is C17H34. The summed E-state index contributed by atoms with van der Waals surface area (Å²) in [6.07, 6.45) is 23.0. The van der Waals surface area contributed by atoms with E-state index in [1.165, 1.54) is 83.5 Å². The van der Waals surface area contributed by atoms with Crippen molar-refractivity contribution in [2.24, 2.45) is 0 Å². The van der Waals surface area contributed by atoms with Crippen molar-refractivity contribution >= 4 is 0 Å². The molecule has 0 saturated heterocycles. The van der Waals surface area contributed by atoms with E-state index in [0.717, 1.165) is 0 Å². The third-order valence-electron chi connectivity index (χ3n) is 3.37. The highest BCUT2D eigenvalue weighted by molar-refractivity contribution is 4.81. The number of hydrogen-bond donors (Lipinski definition) is 0. The van der Waals surface area contributed by atoms with E-state index < -0.39 is 0 Å². The third kappa shape index (κ3) is 15.7. The Morgan fingerprint density at radius 2 is 0.882 bits per heavy atom. The molecule has 0 radical (unpaired) electrons. The Morgan fingerprint density at radius 1 is 0.471 bits per heavy atom. The zero-order chi connectivity index (χ0) is 12.6. The zero-order valence-corrected chi connectivity index (χ0v) is 12.3. The van der Waals surface area contributed by atoms with E-state index in [1.54, 1.807) is 0 Å². The summed E-state index contributed by atoms with van der Waals surface area (Å²) in [6.45, 7) is 4.54. The maximum Gasteiger partial charge on any atom is -0.0351 e. The first-order chi connectivity index (χ1) is 8.41. The standard InChI is InChI=1S/C17H34/c1-3-5-7-9-11-13-15-17-16-14-12-10-8-6-4-2/h9,11H,3-8,10,12-17H2,1-2H3/b11-9+. The van der Waals surface area contributed by atoms with Crippen LogP contribution >= 0.6 is 0 Å². The summed E-state index contributed by atoms with van der Waals surface area (Å²) in [7, 11) is 0. The van der Waals surface area contributed by atoms with E-state index in [-0.39, 0.29) is 0 Å². The van der Waals surface area contributed by atoms with E-state index in [1.807, 2.05) is 0 Å². The summed E-state index contributed by atoms with van der Waals surface area (Å²) in [6, 6.07) is 0. The van der Waals surface area contributed by atoms with Gasteiger partial charge in [0.15, 0.2) is 0 Å². The first-order valence-corrected chi connectivity index (χ1v) is 8.06. The smallest absolute Gasteiger partial charge is 0.0351 e. The Bertz CT molecular complexity index is 146. The van der Waals surface area contributed by atoms with Gasteiger partial charge in [-0.3, -0.25) is 0 Å². The topological polar surface area (TPSA) is 0 Å². The molecule has 0 heteroatoms. The first-order valence-electron chi connectivity index (χ1n) is 8.06. The van der Waals surface area contributed by atoms with E-state index in [4.69, 9.17) is 0 Å². The van der Waals surface area contributed by atoms with Crippen molar-refractivity contribution in [2.75, 3.05) is 0 Å². The summed E-state index contributed by atoms with van der Waals surface area (Å²) in [5.74, 6) is 0. The van der Waals surface area contributed by atoms with Gasteiger partial charge in [-0.25, -0.2) is 0 Å². The van der Waals surface area contributed by atoms with Gasteiger partial charge < -0.3 is 0 Å². The van der Waals surface area contributed by atoms with E-state index in [2.05, 4.69) is 26.0 Å². The molecule has 0 N–H and O–H groups in total. The predicted octanol–water partition coefficient (Wildman–Crippen LogP) is 6.65. The van der Waals surface area contributed by atoms with Gasteiger partial charge in [0.05, 0.1) is 0 Å². The average Bonchev–Trinajstić information content (AvgIpc) is 2.35. The quantitative estimate of drug-likeness (QED) is 0.249. The minimum absolute atomic E-state index is 1.29. The van der Waals surface area contributed by atoms with Crippen LogP contribution in [0.1, 0.15) is 97.3 Å².